The lowest BCUT2D eigenvalue weighted by Gasteiger charge is -2.40. The number of sulfonamides is 1. The Morgan fingerprint density at radius 1 is 1.04 bits per heavy atom. The lowest BCUT2D eigenvalue weighted by Crippen LogP contribution is -2.49. The van der Waals surface area contributed by atoms with Gasteiger partial charge in [0, 0.05) is 39.3 Å². The first kappa shape index (κ1) is 19.5. The molecule has 0 saturated carbocycles. The molecule has 1 aliphatic rings. The van der Waals surface area contributed by atoms with E-state index in [0.29, 0.717) is 12.1 Å². The fourth-order valence-corrected chi connectivity index (χ4v) is 4.24. The Hall–Kier alpha value is -2.22. The van der Waals surface area contributed by atoms with Gasteiger partial charge in [-0.25, -0.2) is 12.7 Å². The molecule has 7 heteroatoms. The predicted octanol–water partition coefficient (Wildman–Crippen LogP) is 2.07. The largest absolute Gasteiger partial charge is 0.329 e. The molecular formula is C20H25N3O3S. The van der Waals surface area contributed by atoms with Gasteiger partial charge < -0.3 is 9.80 Å². The van der Waals surface area contributed by atoms with Crippen molar-refractivity contribution in [2.45, 2.75) is 10.9 Å². The Bertz CT molecular complexity index is 913. The van der Waals surface area contributed by atoms with E-state index in [-0.39, 0.29) is 16.8 Å². The third-order valence-electron chi connectivity index (χ3n) is 4.89. The molecule has 0 spiro atoms. The first-order valence-corrected chi connectivity index (χ1v) is 10.3. The molecule has 3 rings (SSSR count). The number of likely N-dealkylation sites (N-methyl/N-ethyl adjacent to an activating group) is 1. The van der Waals surface area contributed by atoms with Crippen LogP contribution in [0.25, 0.3) is 0 Å². The van der Waals surface area contributed by atoms with Crippen molar-refractivity contribution in [3.8, 4) is 0 Å². The smallest absolute Gasteiger partial charge is 0.254 e. The molecule has 2 aromatic carbocycles. The zero-order chi connectivity index (χ0) is 19.6. The molecule has 0 aliphatic carbocycles. The third kappa shape index (κ3) is 4.05. The van der Waals surface area contributed by atoms with E-state index >= 15 is 0 Å². The van der Waals surface area contributed by atoms with Gasteiger partial charge in [0.15, 0.2) is 0 Å². The maximum atomic E-state index is 13.2. The summed E-state index contributed by atoms with van der Waals surface area (Å²) in [5, 5.41) is 0. The second-order valence-corrected chi connectivity index (χ2v) is 9.15. The molecule has 27 heavy (non-hydrogen) atoms. The Morgan fingerprint density at radius 2 is 1.74 bits per heavy atom. The van der Waals surface area contributed by atoms with E-state index in [4.69, 9.17) is 0 Å². The van der Waals surface area contributed by atoms with Gasteiger partial charge in [-0.1, -0.05) is 36.4 Å². The summed E-state index contributed by atoms with van der Waals surface area (Å²) in [4.78, 5) is 17.4. The molecule has 1 fully saturated rings. The molecule has 144 valence electrons. The average Bonchev–Trinajstić information content (AvgIpc) is 2.68. The SMILES string of the molecule is CN1CCN(C(=O)c2cccc(S(=O)(=O)N(C)C)c2)C(c2ccccc2)C1. The second kappa shape index (κ2) is 7.80. The molecular weight excluding hydrogens is 362 g/mol. The summed E-state index contributed by atoms with van der Waals surface area (Å²) < 4.78 is 26.0. The highest BCUT2D eigenvalue weighted by molar-refractivity contribution is 7.89. The van der Waals surface area contributed by atoms with Gasteiger partial charge in [-0.2, -0.15) is 0 Å². The van der Waals surface area contributed by atoms with Crippen LogP contribution in [0.1, 0.15) is 22.0 Å². The fraction of sp³-hybridized carbons (Fsp3) is 0.350. The molecule has 0 aromatic heterocycles. The van der Waals surface area contributed by atoms with Crippen LogP contribution < -0.4 is 0 Å². The van der Waals surface area contributed by atoms with Gasteiger partial charge in [0.25, 0.3) is 5.91 Å². The average molecular weight is 388 g/mol. The Kier molecular flexibility index (Phi) is 5.64. The van der Waals surface area contributed by atoms with E-state index < -0.39 is 10.0 Å². The summed E-state index contributed by atoms with van der Waals surface area (Å²) in [5.41, 5.74) is 1.47. The molecule has 0 bridgehead atoms. The summed E-state index contributed by atoms with van der Waals surface area (Å²) in [6.45, 7) is 2.12. The highest BCUT2D eigenvalue weighted by Gasteiger charge is 2.31. The minimum Gasteiger partial charge on any atom is -0.329 e. The van der Waals surface area contributed by atoms with Gasteiger partial charge >= 0.3 is 0 Å². The van der Waals surface area contributed by atoms with Crippen LogP contribution in [0.15, 0.2) is 59.5 Å². The molecule has 1 aliphatic heterocycles. The lowest BCUT2D eigenvalue weighted by atomic mass is 10.0. The summed E-state index contributed by atoms with van der Waals surface area (Å²) >= 11 is 0. The normalized spacial score (nSPS) is 18.7. The third-order valence-corrected chi connectivity index (χ3v) is 6.70. The fourth-order valence-electron chi connectivity index (χ4n) is 3.29. The van der Waals surface area contributed by atoms with Gasteiger partial charge in [0.1, 0.15) is 0 Å². The number of amides is 1. The molecule has 1 atom stereocenters. The van der Waals surface area contributed by atoms with E-state index in [9.17, 15) is 13.2 Å². The van der Waals surface area contributed by atoms with E-state index in [1.807, 2.05) is 42.3 Å². The van der Waals surface area contributed by atoms with Crippen molar-refractivity contribution in [1.82, 2.24) is 14.1 Å². The van der Waals surface area contributed by atoms with E-state index in [1.165, 1.54) is 26.2 Å². The number of rotatable bonds is 4. The predicted molar refractivity (Wildman–Crippen MR) is 105 cm³/mol. The molecule has 1 unspecified atom stereocenters. The van der Waals surface area contributed by atoms with Crippen molar-refractivity contribution in [2.75, 3.05) is 40.8 Å². The molecule has 1 heterocycles. The van der Waals surface area contributed by atoms with Crippen molar-refractivity contribution in [3.05, 3.63) is 65.7 Å². The maximum Gasteiger partial charge on any atom is 0.254 e. The summed E-state index contributed by atoms with van der Waals surface area (Å²) in [6, 6.07) is 16.2. The van der Waals surface area contributed by atoms with Crippen molar-refractivity contribution in [2.24, 2.45) is 0 Å². The van der Waals surface area contributed by atoms with Crippen LogP contribution in [0.5, 0.6) is 0 Å². The highest BCUT2D eigenvalue weighted by atomic mass is 32.2. The van der Waals surface area contributed by atoms with Crippen molar-refractivity contribution in [1.29, 1.82) is 0 Å². The monoisotopic (exact) mass is 387 g/mol. The number of hydrogen-bond acceptors (Lipinski definition) is 4. The van der Waals surface area contributed by atoms with Gasteiger partial charge in [-0.15, -0.1) is 0 Å². The quantitative estimate of drug-likeness (QED) is 0.806. The summed E-state index contributed by atoms with van der Waals surface area (Å²) in [7, 11) is 1.42. The second-order valence-electron chi connectivity index (χ2n) is 7.00. The maximum absolute atomic E-state index is 13.2. The first-order chi connectivity index (χ1) is 12.8. The van der Waals surface area contributed by atoms with Crippen LogP contribution in [0.3, 0.4) is 0 Å². The molecule has 6 nitrogen and oxygen atoms in total. The molecule has 1 amide bonds. The zero-order valence-electron chi connectivity index (χ0n) is 15.9. The van der Waals surface area contributed by atoms with Crippen LogP contribution in [0.4, 0.5) is 0 Å². The van der Waals surface area contributed by atoms with Gasteiger partial charge in [0.2, 0.25) is 10.0 Å². The van der Waals surface area contributed by atoms with E-state index in [1.54, 1.807) is 12.1 Å². The summed E-state index contributed by atoms with van der Waals surface area (Å²) in [6.07, 6.45) is 0. The van der Waals surface area contributed by atoms with Crippen LogP contribution in [-0.2, 0) is 10.0 Å². The number of carbonyl (C=O) groups excluding carboxylic acids is 1. The minimum absolute atomic E-state index is 0.0634. The number of hydrogen-bond donors (Lipinski definition) is 0. The molecule has 0 radical (unpaired) electrons. The van der Waals surface area contributed by atoms with Crippen LogP contribution in [-0.4, -0.2) is 69.2 Å². The van der Waals surface area contributed by atoms with Gasteiger partial charge in [-0.3, -0.25) is 4.79 Å². The number of benzene rings is 2. The van der Waals surface area contributed by atoms with E-state index in [2.05, 4.69) is 4.90 Å². The topological polar surface area (TPSA) is 60.9 Å². The number of piperazine rings is 1. The van der Waals surface area contributed by atoms with E-state index in [0.717, 1.165) is 23.0 Å². The molecule has 1 saturated heterocycles. The number of carbonyl (C=O) groups is 1. The molecule has 0 N–H and O–H groups in total. The van der Waals surface area contributed by atoms with Crippen LogP contribution in [0, 0.1) is 0 Å². The van der Waals surface area contributed by atoms with Crippen LogP contribution >= 0.6 is 0 Å². The highest BCUT2D eigenvalue weighted by Crippen LogP contribution is 2.27. The Balaban J connectivity index is 1.94. The Morgan fingerprint density at radius 3 is 2.41 bits per heavy atom. The van der Waals surface area contributed by atoms with Gasteiger partial charge in [0.05, 0.1) is 10.9 Å². The Labute approximate surface area is 161 Å². The zero-order valence-corrected chi connectivity index (χ0v) is 16.7. The standard InChI is InChI=1S/C20H25N3O3S/c1-21(2)27(25,26)18-11-7-10-17(14-18)20(24)23-13-12-22(3)15-19(23)16-8-5-4-6-9-16/h4-11,14,19H,12-13,15H2,1-3H3. The van der Waals surface area contributed by atoms with Crippen LogP contribution in [0.2, 0.25) is 0 Å². The van der Waals surface area contributed by atoms with Gasteiger partial charge in [-0.05, 0) is 30.8 Å². The summed E-state index contributed by atoms with van der Waals surface area (Å²) in [5.74, 6) is -0.146. The van der Waals surface area contributed by atoms with Crippen molar-refractivity contribution in [3.63, 3.8) is 0 Å². The first-order valence-electron chi connectivity index (χ1n) is 8.88. The lowest BCUT2D eigenvalue weighted by molar-refractivity contribution is 0.0498. The van der Waals surface area contributed by atoms with Crippen molar-refractivity contribution >= 4 is 15.9 Å². The van der Waals surface area contributed by atoms with Crippen molar-refractivity contribution < 1.29 is 13.2 Å². The minimum atomic E-state index is -3.58. The number of nitrogens with zero attached hydrogens (tertiary/aromatic N) is 3. The molecule has 2 aromatic rings.